The van der Waals surface area contributed by atoms with Crippen LogP contribution in [-0.4, -0.2) is 22.7 Å². The van der Waals surface area contributed by atoms with Crippen molar-refractivity contribution in [1.29, 1.82) is 0 Å². The van der Waals surface area contributed by atoms with E-state index in [1.54, 1.807) is 6.92 Å². The van der Waals surface area contributed by atoms with Crippen LogP contribution in [0.3, 0.4) is 0 Å². The van der Waals surface area contributed by atoms with Gasteiger partial charge < -0.3 is 14.3 Å². The number of carbonyl (C=O) groups is 1. The number of hydrogen-bond acceptors (Lipinski definition) is 4. The summed E-state index contributed by atoms with van der Waals surface area (Å²) < 4.78 is 10.8. The first-order valence-electron chi connectivity index (χ1n) is 6.01. The standard InChI is InChI=1S/C14H15NO4/c1-3-18-11-6-4-10(5-7-11)14-15-12(8-13(16)17)9(2)19-14/h4-7H,3,8H2,1-2H3,(H,16,17). The Morgan fingerprint density at radius 3 is 2.63 bits per heavy atom. The van der Waals surface area contributed by atoms with Crippen molar-refractivity contribution in [2.24, 2.45) is 0 Å². The number of carboxylic acid groups (broad SMARTS) is 1. The van der Waals surface area contributed by atoms with Crippen LogP contribution in [0.1, 0.15) is 18.4 Å². The van der Waals surface area contributed by atoms with Crippen molar-refractivity contribution < 1.29 is 19.1 Å². The smallest absolute Gasteiger partial charge is 0.309 e. The van der Waals surface area contributed by atoms with Crippen LogP contribution in [0.25, 0.3) is 11.5 Å². The molecule has 5 heteroatoms. The van der Waals surface area contributed by atoms with Crippen LogP contribution >= 0.6 is 0 Å². The molecular weight excluding hydrogens is 246 g/mol. The topological polar surface area (TPSA) is 72.6 Å². The molecule has 0 saturated heterocycles. The summed E-state index contributed by atoms with van der Waals surface area (Å²) in [5, 5.41) is 8.77. The number of oxazole rings is 1. The monoisotopic (exact) mass is 261 g/mol. The third kappa shape index (κ3) is 3.13. The molecule has 0 bridgehead atoms. The van der Waals surface area contributed by atoms with E-state index in [0.29, 0.717) is 24.0 Å². The molecule has 1 aromatic heterocycles. The lowest BCUT2D eigenvalue weighted by Crippen LogP contribution is -2.01. The Labute approximate surface area is 110 Å². The van der Waals surface area contributed by atoms with Gasteiger partial charge in [0.15, 0.2) is 0 Å². The van der Waals surface area contributed by atoms with Gasteiger partial charge in [0.05, 0.1) is 18.7 Å². The molecule has 0 amide bonds. The van der Waals surface area contributed by atoms with Crippen molar-refractivity contribution >= 4 is 5.97 Å². The van der Waals surface area contributed by atoms with Gasteiger partial charge in [-0.1, -0.05) is 0 Å². The number of aliphatic carboxylic acids is 1. The van der Waals surface area contributed by atoms with E-state index < -0.39 is 5.97 Å². The van der Waals surface area contributed by atoms with Crippen molar-refractivity contribution in [3.8, 4) is 17.2 Å². The summed E-state index contributed by atoms with van der Waals surface area (Å²) in [6.45, 7) is 4.24. The molecule has 0 radical (unpaired) electrons. The zero-order valence-corrected chi connectivity index (χ0v) is 10.8. The number of nitrogens with zero attached hydrogens (tertiary/aromatic N) is 1. The number of aryl methyl sites for hydroxylation is 1. The highest BCUT2D eigenvalue weighted by atomic mass is 16.5. The van der Waals surface area contributed by atoms with Gasteiger partial charge in [0.2, 0.25) is 5.89 Å². The van der Waals surface area contributed by atoms with Crippen LogP contribution in [0.4, 0.5) is 0 Å². The fourth-order valence-corrected chi connectivity index (χ4v) is 1.72. The summed E-state index contributed by atoms with van der Waals surface area (Å²) in [6, 6.07) is 7.33. The Morgan fingerprint density at radius 1 is 1.37 bits per heavy atom. The summed E-state index contributed by atoms with van der Waals surface area (Å²) in [5.41, 5.74) is 1.25. The predicted molar refractivity (Wildman–Crippen MR) is 69.2 cm³/mol. The Hall–Kier alpha value is -2.30. The molecule has 1 N–H and O–H groups in total. The lowest BCUT2D eigenvalue weighted by molar-refractivity contribution is -0.136. The molecule has 0 aliphatic carbocycles. The predicted octanol–water partition coefficient (Wildman–Crippen LogP) is 2.68. The SMILES string of the molecule is CCOc1ccc(-c2nc(CC(=O)O)c(C)o2)cc1. The average molecular weight is 261 g/mol. The van der Waals surface area contributed by atoms with E-state index in [9.17, 15) is 4.79 Å². The zero-order chi connectivity index (χ0) is 13.8. The first-order valence-corrected chi connectivity index (χ1v) is 6.01. The lowest BCUT2D eigenvalue weighted by atomic mass is 10.2. The highest BCUT2D eigenvalue weighted by molar-refractivity contribution is 5.70. The second-order valence-corrected chi connectivity index (χ2v) is 4.05. The van der Waals surface area contributed by atoms with Crippen molar-refractivity contribution in [2.75, 3.05) is 6.61 Å². The summed E-state index contributed by atoms with van der Waals surface area (Å²) in [4.78, 5) is 14.9. The Bertz CT molecular complexity index is 572. The van der Waals surface area contributed by atoms with Crippen LogP contribution in [0.15, 0.2) is 28.7 Å². The molecule has 100 valence electrons. The first-order chi connectivity index (χ1) is 9.10. The molecule has 2 rings (SSSR count). The largest absolute Gasteiger partial charge is 0.494 e. The number of rotatable bonds is 5. The highest BCUT2D eigenvalue weighted by Gasteiger charge is 2.13. The van der Waals surface area contributed by atoms with Gasteiger partial charge in [-0.3, -0.25) is 4.79 Å². The minimum absolute atomic E-state index is 0.133. The molecule has 5 nitrogen and oxygen atoms in total. The Kier molecular flexibility index (Phi) is 3.85. The number of benzene rings is 1. The molecule has 1 heterocycles. The second kappa shape index (κ2) is 5.56. The summed E-state index contributed by atoms with van der Waals surface area (Å²) in [5.74, 6) is 0.818. The van der Waals surface area contributed by atoms with Gasteiger partial charge in [0, 0.05) is 5.56 Å². The van der Waals surface area contributed by atoms with Gasteiger partial charge in [-0.2, -0.15) is 0 Å². The molecule has 0 spiro atoms. The van der Waals surface area contributed by atoms with Crippen molar-refractivity contribution in [3.63, 3.8) is 0 Å². The molecule has 19 heavy (non-hydrogen) atoms. The van der Waals surface area contributed by atoms with Gasteiger partial charge in [-0.25, -0.2) is 4.98 Å². The normalized spacial score (nSPS) is 10.4. The number of aromatic nitrogens is 1. The average Bonchev–Trinajstić information content (AvgIpc) is 2.71. The first kappa shape index (κ1) is 13.1. The van der Waals surface area contributed by atoms with E-state index in [1.165, 1.54) is 0 Å². The van der Waals surface area contributed by atoms with E-state index in [2.05, 4.69) is 4.98 Å². The molecule has 2 aromatic rings. The maximum Gasteiger partial charge on any atom is 0.309 e. The van der Waals surface area contributed by atoms with Crippen LogP contribution in [0, 0.1) is 6.92 Å². The molecule has 0 saturated carbocycles. The Morgan fingerprint density at radius 2 is 2.05 bits per heavy atom. The quantitative estimate of drug-likeness (QED) is 0.895. The van der Waals surface area contributed by atoms with Crippen LogP contribution in [0.5, 0.6) is 5.75 Å². The molecule has 0 fully saturated rings. The molecule has 0 aliphatic heterocycles. The number of ether oxygens (including phenoxy) is 1. The van der Waals surface area contributed by atoms with E-state index in [0.717, 1.165) is 11.3 Å². The fraction of sp³-hybridized carbons (Fsp3) is 0.286. The minimum atomic E-state index is -0.922. The molecular formula is C14H15NO4. The van der Waals surface area contributed by atoms with Crippen LogP contribution in [-0.2, 0) is 11.2 Å². The van der Waals surface area contributed by atoms with Gasteiger partial charge in [0.1, 0.15) is 11.5 Å². The molecule has 0 atom stereocenters. The number of carboxylic acids is 1. The summed E-state index contributed by atoms with van der Waals surface area (Å²) >= 11 is 0. The van der Waals surface area contributed by atoms with Gasteiger partial charge >= 0.3 is 5.97 Å². The van der Waals surface area contributed by atoms with Gasteiger partial charge in [-0.05, 0) is 38.1 Å². The highest BCUT2D eigenvalue weighted by Crippen LogP contribution is 2.24. The third-order valence-electron chi connectivity index (χ3n) is 2.62. The van der Waals surface area contributed by atoms with E-state index >= 15 is 0 Å². The van der Waals surface area contributed by atoms with Gasteiger partial charge in [0.25, 0.3) is 0 Å². The molecule has 0 unspecified atom stereocenters. The van der Waals surface area contributed by atoms with Crippen molar-refractivity contribution in [1.82, 2.24) is 4.98 Å². The van der Waals surface area contributed by atoms with Crippen molar-refractivity contribution in [3.05, 3.63) is 35.7 Å². The third-order valence-corrected chi connectivity index (χ3v) is 2.62. The Balaban J connectivity index is 2.24. The van der Waals surface area contributed by atoms with E-state index in [4.69, 9.17) is 14.3 Å². The fourth-order valence-electron chi connectivity index (χ4n) is 1.72. The van der Waals surface area contributed by atoms with E-state index in [1.807, 2.05) is 31.2 Å². The zero-order valence-electron chi connectivity index (χ0n) is 10.8. The maximum atomic E-state index is 10.7. The van der Waals surface area contributed by atoms with E-state index in [-0.39, 0.29) is 6.42 Å². The lowest BCUT2D eigenvalue weighted by Gasteiger charge is -2.02. The minimum Gasteiger partial charge on any atom is -0.494 e. The van der Waals surface area contributed by atoms with Crippen LogP contribution in [0.2, 0.25) is 0 Å². The molecule has 0 aliphatic rings. The number of hydrogen-bond donors (Lipinski definition) is 1. The van der Waals surface area contributed by atoms with Crippen molar-refractivity contribution in [2.45, 2.75) is 20.3 Å². The summed E-state index contributed by atoms with van der Waals surface area (Å²) in [7, 11) is 0. The second-order valence-electron chi connectivity index (χ2n) is 4.05. The van der Waals surface area contributed by atoms with Gasteiger partial charge in [-0.15, -0.1) is 0 Å². The maximum absolute atomic E-state index is 10.7. The van der Waals surface area contributed by atoms with Crippen LogP contribution < -0.4 is 4.74 Å². The molecule has 1 aromatic carbocycles. The summed E-state index contributed by atoms with van der Waals surface area (Å²) in [6.07, 6.45) is -0.133.